The van der Waals surface area contributed by atoms with E-state index in [1.807, 2.05) is 0 Å². The molecule has 0 aromatic heterocycles. The van der Waals surface area contributed by atoms with Gasteiger partial charge >= 0.3 is 0 Å². The first-order valence-corrected chi connectivity index (χ1v) is 10.3. The maximum absolute atomic E-state index is 12.8. The van der Waals surface area contributed by atoms with Gasteiger partial charge in [0.1, 0.15) is 5.75 Å². The minimum Gasteiger partial charge on any atom is -0.496 e. The van der Waals surface area contributed by atoms with Crippen molar-refractivity contribution in [3.8, 4) is 5.75 Å². The fourth-order valence-electron chi connectivity index (χ4n) is 3.58. The smallest absolute Gasteiger partial charge is 0.255 e. The van der Waals surface area contributed by atoms with E-state index < -0.39 is 15.9 Å². The van der Waals surface area contributed by atoms with Crippen LogP contribution in [-0.2, 0) is 14.8 Å². The quantitative estimate of drug-likeness (QED) is 0.758. The molecule has 2 atom stereocenters. The maximum atomic E-state index is 12.8. The number of benzene rings is 1. The normalized spacial score (nSPS) is 24.4. The summed E-state index contributed by atoms with van der Waals surface area (Å²) >= 11 is 0. The molecule has 26 heavy (non-hydrogen) atoms. The van der Waals surface area contributed by atoms with Crippen LogP contribution in [0.5, 0.6) is 5.75 Å². The predicted octanol–water partition coefficient (Wildman–Crippen LogP) is 0.326. The maximum Gasteiger partial charge on any atom is 0.255 e. The van der Waals surface area contributed by atoms with Gasteiger partial charge in [-0.25, -0.2) is 13.6 Å². The second-order valence-electron chi connectivity index (χ2n) is 6.69. The highest BCUT2D eigenvalue weighted by atomic mass is 32.2. The van der Waals surface area contributed by atoms with Gasteiger partial charge in [-0.15, -0.1) is 0 Å². The monoisotopic (exact) mass is 383 g/mol. The van der Waals surface area contributed by atoms with Crippen molar-refractivity contribution in [3.05, 3.63) is 23.8 Å². The Morgan fingerprint density at radius 2 is 2.00 bits per heavy atom. The Bertz CT molecular complexity index is 762. The number of ether oxygens (including phenoxy) is 2. The number of nitrogens with two attached hydrogens (primary N) is 1. The molecule has 1 amide bonds. The summed E-state index contributed by atoms with van der Waals surface area (Å²) in [6, 6.07) is 3.98. The molecule has 0 unspecified atom stereocenters. The van der Waals surface area contributed by atoms with Crippen molar-refractivity contribution in [1.82, 2.24) is 10.2 Å². The molecule has 1 aromatic carbocycles. The molecule has 2 aliphatic heterocycles. The van der Waals surface area contributed by atoms with Crippen LogP contribution in [0.4, 0.5) is 0 Å². The van der Waals surface area contributed by atoms with Gasteiger partial charge in [0.05, 0.1) is 42.9 Å². The number of carbonyl (C=O) groups excluding carboxylic acids is 1. The molecule has 0 saturated carbocycles. The number of likely N-dealkylation sites (tertiary alicyclic amines) is 1. The molecule has 2 saturated heterocycles. The van der Waals surface area contributed by atoms with Crippen LogP contribution in [0.3, 0.4) is 0 Å². The molecule has 9 heteroatoms. The van der Waals surface area contributed by atoms with Crippen molar-refractivity contribution in [1.29, 1.82) is 0 Å². The van der Waals surface area contributed by atoms with Crippen LogP contribution in [0.2, 0.25) is 0 Å². The molecule has 2 heterocycles. The summed E-state index contributed by atoms with van der Waals surface area (Å²) in [4.78, 5) is 15.0. The summed E-state index contributed by atoms with van der Waals surface area (Å²) < 4.78 is 34.0. The Labute approximate surface area is 153 Å². The van der Waals surface area contributed by atoms with Crippen LogP contribution >= 0.6 is 0 Å². The molecule has 3 N–H and O–H groups in total. The topological polar surface area (TPSA) is 111 Å². The molecule has 144 valence electrons. The molecule has 0 aliphatic carbocycles. The number of piperidine rings is 1. The van der Waals surface area contributed by atoms with Crippen LogP contribution in [0.15, 0.2) is 23.1 Å². The molecule has 2 fully saturated rings. The lowest BCUT2D eigenvalue weighted by molar-refractivity contribution is 0.0896. The number of nitrogens with zero attached hydrogens (tertiary/aromatic N) is 1. The van der Waals surface area contributed by atoms with Crippen molar-refractivity contribution in [2.75, 3.05) is 33.4 Å². The molecular weight excluding hydrogens is 358 g/mol. The summed E-state index contributed by atoms with van der Waals surface area (Å²) in [6.45, 7) is 3.03. The number of nitrogens with one attached hydrogen (secondary N) is 1. The Balaban J connectivity index is 1.78. The molecular formula is C17H25N3O5S. The second kappa shape index (κ2) is 7.91. The van der Waals surface area contributed by atoms with E-state index in [1.54, 1.807) is 0 Å². The lowest BCUT2D eigenvalue weighted by atomic mass is 10.0. The molecule has 2 aliphatic rings. The van der Waals surface area contributed by atoms with Crippen LogP contribution < -0.4 is 15.2 Å². The third kappa shape index (κ3) is 4.17. The largest absolute Gasteiger partial charge is 0.496 e. The third-order valence-electron chi connectivity index (χ3n) is 4.97. The van der Waals surface area contributed by atoms with Gasteiger partial charge in [-0.05, 0) is 44.1 Å². The van der Waals surface area contributed by atoms with Crippen LogP contribution in [0.1, 0.15) is 29.6 Å². The lowest BCUT2D eigenvalue weighted by Crippen LogP contribution is -2.52. The van der Waals surface area contributed by atoms with E-state index in [0.717, 1.165) is 25.9 Å². The zero-order valence-electron chi connectivity index (χ0n) is 14.8. The number of primary sulfonamides is 1. The summed E-state index contributed by atoms with van der Waals surface area (Å²) in [6.07, 6.45) is 3.54. The van der Waals surface area contributed by atoms with Crippen LogP contribution in [-0.4, -0.2) is 64.7 Å². The highest BCUT2D eigenvalue weighted by molar-refractivity contribution is 7.89. The Hall–Kier alpha value is -1.68. The van der Waals surface area contributed by atoms with Gasteiger partial charge in [0, 0.05) is 0 Å². The van der Waals surface area contributed by atoms with Crippen molar-refractivity contribution in [2.24, 2.45) is 5.14 Å². The summed E-state index contributed by atoms with van der Waals surface area (Å²) in [5, 5.41) is 8.15. The van der Waals surface area contributed by atoms with Crippen LogP contribution in [0, 0.1) is 0 Å². The minimum absolute atomic E-state index is 0.126. The SMILES string of the molecule is COc1ccc(S(N)(=O)=O)cc1C(=O)N[C@H]1COC[C@@H]1N1CCCCC1. The van der Waals surface area contributed by atoms with Gasteiger partial charge in [-0.1, -0.05) is 6.42 Å². The number of carbonyl (C=O) groups is 1. The summed E-state index contributed by atoms with van der Waals surface area (Å²) in [5.74, 6) is -0.104. The van der Waals surface area contributed by atoms with Gasteiger partial charge in [0.15, 0.2) is 0 Å². The Morgan fingerprint density at radius 3 is 2.65 bits per heavy atom. The Kier molecular flexibility index (Phi) is 5.81. The van der Waals surface area contributed by atoms with Gasteiger partial charge in [0.2, 0.25) is 10.0 Å². The zero-order valence-corrected chi connectivity index (χ0v) is 15.6. The van der Waals surface area contributed by atoms with Gasteiger partial charge < -0.3 is 14.8 Å². The minimum atomic E-state index is -3.91. The molecule has 8 nitrogen and oxygen atoms in total. The van der Waals surface area contributed by atoms with Gasteiger partial charge in [-0.3, -0.25) is 9.69 Å². The van der Waals surface area contributed by atoms with Crippen molar-refractivity contribution < 1.29 is 22.7 Å². The third-order valence-corrected chi connectivity index (χ3v) is 5.88. The van der Waals surface area contributed by atoms with Crippen molar-refractivity contribution in [3.63, 3.8) is 0 Å². The van der Waals surface area contributed by atoms with E-state index in [1.165, 1.54) is 31.7 Å². The molecule has 0 spiro atoms. The van der Waals surface area contributed by atoms with Crippen molar-refractivity contribution in [2.45, 2.75) is 36.2 Å². The van der Waals surface area contributed by atoms with Gasteiger partial charge in [0.25, 0.3) is 5.91 Å². The van der Waals surface area contributed by atoms with Gasteiger partial charge in [-0.2, -0.15) is 0 Å². The first kappa shape index (κ1) is 19.1. The number of amides is 1. The van der Waals surface area contributed by atoms with E-state index in [2.05, 4.69) is 10.2 Å². The average molecular weight is 383 g/mol. The number of rotatable bonds is 5. The van der Waals surface area contributed by atoms with Crippen LogP contribution in [0.25, 0.3) is 0 Å². The first-order chi connectivity index (χ1) is 12.4. The number of sulfonamides is 1. The zero-order chi connectivity index (χ0) is 18.7. The fraction of sp³-hybridized carbons (Fsp3) is 0.588. The highest BCUT2D eigenvalue weighted by Crippen LogP contribution is 2.24. The van der Waals surface area contributed by atoms with E-state index in [9.17, 15) is 13.2 Å². The second-order valence-corrected chi connectivity index (χ2v) is 8.25. The molecule has 3 rings (SSSR count). The molecule has 0 bridgehead atoms. The molecule has 1 aromatic rings. The van der Waals surface area contributed by atoms with Crippen molar-refractivity contribution >= 4 is 15.9 Å². The Morgan fingerprint density at radius 1 is 1.27 bits per heavy atom. The van der Waals surface area contributed by atoms with E-state index >= 15 is 0 Å². The standard InChI is InChI=1S/C17H25N3O5S/c1-24-16-6-5-12(26(18,22)23)9-13(16)17(21)19-14-10-25-11-15(14)20-7-3-2-4-8-20/h5-6,9,14-15H,2-4,7-8,10-11H2,1H3,(H,19,21)(H2,18,22,23)/t14-,15-/m0/s1. The van der Waals surface area contributed by atoms with E-state index in [-0.39, 0.29) is 22.5 Å². The summed E-state index contributed by atoms with van der Waals surface area (Å²) in [7, 11) is -2.48. The highest BCUT2D eigenvalue weighted by Gasteiger charge is 2.35. The van der Waals surface area contributed by atoms with E-state index in [0.29, 0.717) is 19.0 Å². The number of hydrogen-bond acceptors (Lipinski definition) is 6. The average Bonchev–Trinajstić information content (AvgIpc) is 3.09. The van der Waals surface area contributed by atoms with E-state index in [4.69, 9.17) is 14.6 Å². The first-order valence-electron chi connectivity index (χ1n) is 8.73. The summed E-state index contributed by atoms with van der Waals surface area (Å²) in [5.41, 5.74) is 0.142. The number of methoxy groups -OCH3 is 1. The molecule has 0 radical (unpaired) electrons. The lowest BCUT2D eigenvalue weighted by Gasteiger charge is -2.34. The fourth-order valence-corrected chi connectivity index (χ4v) is 4.12. The predicted molar refractivity (Wildman–Crippen MR) is 95.7 cm³/mol. The number of hydrogen-bond donors (Lipinski definition) is 2.